The molecule has 0 fully saturated rings. The molecule has 1 aromatic rings. The number of halogens is 1. The van der Waals surface area contributed by atoms with Gasteiger partial charge in [-0.25, -0.2) is 0 Å². The molecule has 18 heavy (non-hydrogen) atoms. The second-order valence-corrected chi connectivity index (χ2v) is 5.28. The molecule has 0 aliphatic heterocycles. The fourth-order valence-electron chi connectivity index (χ4n) is 2.32. The molecule has 0 amide bonds. The van der Waals surface area contributed by atoms with Gasteiger partial charge >= 0.3 is 0 Å². The molecule has 1 nitrogen and oxygen atoms in total. The van der Waals surface area contributed by atoms with Crippen LogP contribution in [0.1, 0.15) is 63.9 Å². The van der Waals surface area contributed by atoms with E-state index in [0.717, 1.165) is 10.8 Å². The Morgan fingerprint density at radius 3 is 2.17 bits per heavy atom. The van der Waals surface area contributed by atoms with Crippen molar-refractivity contribution in [3.05, 3.63) is 28.8 Å². The number of rotatable bonds is 8. The van der Waals surface area contributed by atoms with Crippen LogP contribution in [0, 0.1) is 0 Å². The molecule has 0 atom stereocenters. The first-order chi connectivity index (χ1) is 8.72. The van der Waals surface area contributed by atoms with Crippen molar-refractivity contribution in [2.24, 2.45) is 0 Å². The molecule has 0 aromatic heterocycles. The Labute approximate surface area is 116 Å². The van der Waals surface area contributed by atoms with E-state index >= 15 is 0 Å². The Morgan fingerprint density at radius 2 is 1.72 bits per heavy atom. The van der Waals surface area contributed by atoms with Crippen LogP contribution in [0.5, 0.6) is 5.75 Å². The quantitative estimate of drug-likeness (QED) is 0.578. The third kappa shape index (κ3) is 4.53. The zero-order valence-corrected chi connectivity index (χ0v) is 12.6. The van der Waals surface area contributed by atoms with E-state index in [-0.39, 0.29) is 0 Å². The molecule has 0 aliphatic rings. The molecule has 0 aliphatic carbocycles. The summed E-state index contributed by atoms with van der Waals surface area (Å²) in [5.41, 5.74) is 1.36. The molecule has 0 spiro atoms. The van der Waals surface area contributed by atoms with Crippen LogP contribution in [0.25, 0.3) is 0 Å². The second kappa shape index (κ2) is 8.42. The first-order valence-corrected chi connectivity index (χ1v) is 7.44. The van der Waals surface area contributed by atoms with Gasteiger partial charge in [0.15, 0.2) is 0 Å². The van der Waals surface area contributed by atoms with Crippen LogP contribution in [0.15, 0.2) is 18.2 Å². The first-order valence-electron chi connectivity index (χ1n) is 7.06. The lowest BCUT2D eigenvalue weighted by Gasteiger charge is -2.18. The van der Waals surface area contributed by atoms with Gasteiger partial charge in [-0.2, -0.15) is 0 Å². The van der Waals surface area contributed by atoms with Crippen LogP contribution in [-0.2, 0) is 0 Å². The lowest BCUT2D eigenvalue weighted by molar-refractivity contribution is 0.414. The normalized spacial score (nSPS) is 10.9. The summed E-state index contributed by atoms with van der Waals surface area (Å²) in [6.07, 6.45) is 7.62. The molecular formula is C16H25ClO. The van der Waals surface area contributed by atoms with Crippen LogP contribution in [0.3, 0.4) is 0 Å². The van der Waals surface area contributed by atoms with Crippen LogP contribution >= 0.6 is 11.6 Å². The van der Waals surface area contributed by atoms with Crippen molar-refractivity contribution in [2.75, 3.05) is 7.11 Å². The number of hydrogen-bond acceptors (Lipinski definition) is 1. The summed E-state index contributed by atoms with van der Waals surface area (Å²) in [6, 6.07) is 6.24. The minimum Gasteiger partial charge on any atom is -0.495 e. The topological polar surface area (TPSA) is 9.23 Å². The zero-order valence-electron chi connectivity index (χ0n) is 11.8. The lowest BCUT2D eigenvalue weighted by atomic mass is 9.89. The summed E-state index contributed by atoms with van der Waals surface area (Å²) < 4.78 is 5.21. The van der Waals surface area contributed by atoms with E-state index in [1.807, 2.05) is 6.07 Å². The van der Waals surface area contributed by atoms with Crippen LogP contribution in [0.2, 0.25) is 5.02 Å². The van der Waals surface area contributed by atoms with Gasteiger partial charge in [0, 0.05) is 0 Å². The van der Waals surface area contributed by atoms with Crippen molar-refractivity contribution in [3.8, 4) is 5.75 Å². The largest absolute Gasteiger partial charge is 0.495 e. The Kier molecular flexibility index (Phi) is 7.19. The molecule has 0 saturated carbocycles. The maximum absolute atomic E-state index is 6.22. The summed E-state index contributed by atoms with van der Waals surface area (Å²) >= 11 is 6.22. The van der Waals surface area contributed by atoms with Gasteiger partial charge in [-0.1, -0.05) is 57.2 Å². The predicted molar refractivity (Wildman–Crippen MR) is 79.8 cm³/mol. The minimum absolute atomic E-state index is 0.647. The number of methoxy groups -OCH3 is 1. The first kappa shape index (κ1) is 15.4. The molecule has 0 bridgehead atoms. The summed E-state index contributed by atoms with van der Waals surface area (Å²) in [7, 11) is 1.66. The van der Waals surface area contributed by atoms with E-state index in [1.165, 1.54) is 44.1 Å². The van der Waals surface area contributed by atoms with Crippen molar-refractivity contribution in [2.45, 2.75) is 58.3 Å². The molecule has 0 radical (unpaired) electrons. The van der Waals surface area contributed by atoms with Gasteiger partial charge in [-0.3, -0.25) is 0 Å². The monoisotopic (exact) mass is 268 g/mol. The van der Waals surface area contributed by atoms with Crippen LogP contribution in [-0.4, -0.2) is 7.11 Å². The number of ether oxygens (including phenoxy) is 1. The van der Waals surface area contributed by atoms with Crippen molar-refractivity contribution in [1.29, 1.82) is 0 Å². The average Bonchev–Trinajstić information content (AvgIpc) is 2.39. The van der Waals surface area contributed by atoms with Crippen molar-refractivity contribution in [3.63, 3.8) is 0 Å². The molecule has 2 heteroatoms. The molecule has 0 saturated heterocycles. The highest BCUT2D eigenvalue weighted by molar-refractivity contribution is 6.32. The highest BCUT2D eigenvalue weighted by atomic mass is 35.5. The Bertz CT molecular complexity index is 341. The van der Waals surface area contributed by atoms with Crippen LogP contribution in [0.4, 0.5) is 0 Å². The van der Waals surface area contributed by atoms with Crippen molar-refractivity contribution in [1.82, 2.24) is 0 Å². The molecule has 102 valence electrons. The number of unbranched alkanes of at least 4 members (excludes halogenated alkanes) is 2. The third-order valence-corrected chi connectivity index (χ3v) is 3.75. The van der Waals surface area contributed by atoms with E-state index < -0.39 is 0 Å². The van der Waals surface area contributed by atoms with Crippen molar-refractivity contribution >= 4 is 11.6 Å². The summed E-state index contributed by atoms with van der Waals surface area (Å²) in [5, 5.41) is 0.730. The Balaban J connectivity index is 2.79. The van der Waals surface area contributed by atoms with E-state index in [1.54, 1.807) is 7.11 Å². The van der Waals surface area contributed by atoms with Gasteiger partial charge in [-0.05, 0) is 36.5 Å². The molecule has 1 rings (SSSR count). The predicted octanol–water partition coefficient (Wildman–Crippen LogP) is 5.81. The summed E-state index contributed by atoms with van der Waals surface area (Å²) in [4.78, 5) is 0. The fourth-order valence-corrected chi connectivity index (χ4v) is 2.58. The highest BCUT2D eigenvalue weighted by Gasteiger charge is 2.12. The lowest BCUT2D eigenvalue weighted by Crippen LogP contribution is -2.00. The standard InChI is InChI=1S/C16H25ClO/c1-4-6-8-13(9-7-5-2)14-10-11-16(18-3)15(17)12-14/h10-13H,4-9H2,1-3H3. The molecular weight excluding hydrogens is 244 g/mol. The van der Waals surface area contributed by atoms with Gasteiger partial charge in [0.25, 0.3) is 0 Å². The minimum atomic E-state index is 0.647. The van der Waals surface area contributed by atoms with Gasteiger partial charge in [0.2, 0.25) is 0 Å². The van der Waals surface area contributed by atoms with Crippen molar-refractivity contribution < 1.29 is 4.74 Å². The number of hydrogen-bond donors (Lipinski definition) is 0. The fraction of sp³-hybridized carbons (Fsp3) is 0.625. The maximum Gasteiger partial charge on any atom is 0.137 e. The van der Waals surface area contributed by atoms with E-state index in [2.05, 4.69) is 26.0 Å². The molecule has 0 N–H and O–H groups in total. The smallest absolute Gasteiger partial charge is 0.137 e. The van der Waals surface area contributed by atoms with Gasteiger partial charge in [0.1, 0.15) is 5.75 Å². The number of benzene rings is 1. The molecule has 1 aromatic carbocycles. The average molecular weight is 269 g/mol. The summed E-state index contributed by atoms with van der Waals surface area (Å²) in [5.74, 6) is 1.42. The van der Waals surface area contributed by atoms with E-state index in [9.17, 15) is 0 Å². The SMILES string of the molecule is CCCCC(CCCC)c1ccc(OC)c(Cl)c1. The molecule has 0 heterocycles. The van der Waals surface area contributed by atoms with E-state index in [4.69, 9.17) is 16.3 Å². The Morgan fingerprint density at radius 1 is 1.11 bits per heavy atom. The maximum atomic E-state index is 6.22. The van der Waals surface area contributed by atoms with Crippen LogP contribution < -0.4 is 4.74 Å². The second-order valence-electron chi connectivity index (χ2n) is 4.88. The van der Waals surface area contributed by atoms with Gasteiger partial charge in [0.05, 0.1) is 12.1 Å². The molecule has 0 unspecified atom stereocenters. The third-order valence-electron chi connectivity index (χ3n) is 3.46. The Hall–Kier alpha value is -0.690. The van der Waals surface area contributed by atoms with Gasteiger partial charge in [-0.15, -0.1) is 0 Å². The highest BCUT2D eigenvalue weighted by Crippen LogP contribution is 2.33. The zero-order chi connectivity index (χ0) is 13.4. The van der Waals surface area contributed by atoms with Gasteiger partial charge < -0.3 is 4.74 Å². The summed E-state index contributed by atoms with van der Waals surface area (Å²) in [6.45, 7) is 4.50. The van der Waals surface area contributed by atoms with E-state index in [0.29, 0.717) is 5.92 Å².